The van der Waals surface area contributed by atoms with Crippen molar-refractivity contribution in [3.05, 3.63) is 64.6 Å². The van der Waals surface area contributed by atoms with Crippen molar-refractivity contribution in [3.8, 4) is 11.3 Å². The van der Waals surface area contributed by atoms with Crippen LogP contribution in [0.3, 0.4) is 0 Å². The first-order valence-corrected chi connectivity index (χ1v) is 7.58. The minimum Gasteiger partial charge on any atom is -0.330 e. The summed E-state index contributed by atoms with van der Waals surface area (Å²) in [7, 11) is 3.82. The molecule has 0 aliphatic rings. The first-order valence-electron chi connectivity index (χ1n) is 7.58. The number of fused-ring (bicyclic) bond motifs is 3. The number of rotatable bonds is 1. The molecule has 3 aromatic heterocycles. The van der Waals surface area contributed by atoms with Gasteiger partial charge in [0.05, 0.1) is 16.8 Å². The number of benzene rings is 1. The Hall–Kier alpha value is -2.88. The van der Waals surface area contributed by atoms with Crippen molar-refractivity contribution in [1.29, 1.82) is 0 Å². The van der Waals surface area contributed by atoms with Gasteiger partial charge in [-0.1, -0.05) is 17.7 Å². The highest BCUT2D eigenvalue weighted by Gasteiger charge is 2.16. The molecule has 1 aromatic carbocycles. The molecular formula is C19H17N3O. The van der Waals surface area contributed by atoms with Gasteiger partial charge in [0.1, 0.15) is 5.65 Å². The van der Waals surface area contributed by atoms with Crippen LogP contribution in [0.1, 0.15) is 5.56 Å². The lowest BCUT2D eigenvalue weighted by Crippen LogP contribution is -2.20. The standard InChI is InChI=1S/C19H17N3O/c1-12-7-8-17-13(10-12)14-11-15(16-6-4-5-9-20-16)19(23)22(3)18(14)21(17)2/h4-11H,1-3H3. The Labute approximate surface area is 133 Å². The Morgan fingerprint density at radius 3 is 2.52 bits per heavy atom. The van der Waals surface area contributed by atoms with E-state index < -0.39 is 0 Å². The molecule has 0 spiro atoms. The lowest BCUT2D eigenvalue weighted by molar-refractivity contribution is 0.846. The summed E-state index contributed by atoms with van der Waals surface area (Å²) in [6.07, 6.45) is 1.71. The molecule has 23 heavy (non-hydrogen) atoms. The van der Waals surface area contributed by atoms with Crippen LogP contribution in [-0.4, -0.2) is 14.1 Å². The second-order valence-corrected chi connectivity index (χ2v) is 5.95. The smallest absolute Gasteiger partial charge is 0.261 e. The second-order valence-electron chi connectivity index (χ2n) is 5.95. The maximum atomic E-state index is 12.8. The molecule has 0 radical (unpaired) electrons. The Morgan fingerprint density at radius 2 is 1.78 bits per heavy atom. The number of aromatic nitrogens is 3. The zero-order valence-corrected chi connectivity index (χ0v) is 13.4. The van der Waals surface area contributed by atoms with Crippen LogP contribution in [0, 0.1) is 6.92 Å². The van der Waals surface area contributed by atoms with Crippen molar-refractivity contribution in [2.75, 3.05) is 0 Å². The first-order chi connectivity index (χ1) is 11.1. The molecule has 4 nitrogen and oxygen atoms in total. The average Bonchev–Trinajstić information content (AvgIpc) is 2.83. The molecule has 0 fully saturated rings. The van der Waals surface area contributed by atoms with Crippen LogP contribution in [0.15, 0.2) is 53.5 Å². The van der Waals surface area contributed by atoms with Gasteiger partial charge in [0.2, 0.25) is 0 Å². The molecule has 0 unspecified atom stereocenters. The summed E-state index contributed by atoms with van der Waals surface area (Å²) in [4.78, 5) is 17.1. The van der Waals surface area contributed by atoms with Crippen molar-refractivity contribution in [2.45, 2.75) is 6.92 Å². The fourth-order valence-corrected chi connectivity index (χ4v) is 3.31. The van der Waals surface area contributed by atoms with Crippen molar-refractivity contribution in [2.24, 2.45) is 14.1 Å². The normalized spacial score (nSPS) is 11.4. The fourth-order valence-electron chi connectivity index (χ4n) is 3.31. The van der Waals surface area contributed by atoms with Gasteiger partial charge >= 0.3 is 0 Å². The Morgan fingerprint density at radius 1 is 0.957 bits per heavy atom. The summed E-state index contributed by atoms with van der Waals surface area (Å²) in [6.45, 7) is 2.08. The van der Waals surface area contributed by atoms with Gasteiger partial charge in [0.25, 0.3) is 5.56 Å². The number of hydrogen-bond donors (Lipinski definition) is 0. The largest absolute Gasteiger partial charge is 0.330 e. The Kier molecular flexibility index (Phi) is 2.88. The third-order valence-electron chi connectivity index (χ3n) is 4.44. The topological polar surface area (TPSA) is 39.8 Å². The summed E-state index contributed by atoms with van der Waals surface area (Å²) in [5, 5.41) is 2.24. The van der Waals surface area contributed by atoms with E-state index >= 15 is 0 Å². The zero-order chi connectivity index (χ0) is 16.1. The van der Waals surface area contributed by atoms with Gasteiger partial charge in [-0.15, -0.1) is 0 Å². The molecule has 0 saturated heterocycles. The van der Waals surface area contributed by atoms with Crippen LogP contribution < -0.4 is 5.56 Å². The third-order valence-corrected chi connectivity index (χ3v) is 4.44. The highest BCUT2D eigenvalue weighted by atomic mass is 16.1. The molecule has 4 aromatic rings. The maximum absolute atomic E-state index is 12.8. The minimum absolute atomic E-state index is 0.0289. The lowest BCUT2D eigenvalue weighted by Gasteiger charge is -2.07. The van der Waals surface area contributed by atoms with Crippen LogP contribution in [-0.2, 0) is 14.1 Å². The van der Waals surface area contributed by atoms with E-state index in [4.69, 9.17) is 0 Å². The molecule has 0 aliphatic heterocycles. The average molecular weight is 303 g/mol. The molecule has 0 atom stereocenters. The number of pyridine rings is 2. The van der Waals surface area contributed by atoms with Crippen molar-refractivity contribution in [3.63, 3.8) is 0 Å². The van der Waals surface area contributed by atoms with E-state index in [0.29, 0.717) is 11.3 Å². The molecule has 0 aliphatic carbocycles. The minimum atomic E-state index is -0.0289. The summed E-state index contributed by atoms with van der Waals surface area (Å²) < 4.78 is 3.79. The molecule has 0 N–H and O–H groups in total. The lowest BCUT2D eigenvalue weighted by atomic mass is 10.1. The molecule has 0 amide bonds. The molecular weight excluding hydrogens is 286 g/mol. The zero-order valence-electron chi connectivity index (χ0n) is 13.4. The van der Waals surface area contributed by atoms with Gasteiger partial charge < -0.3 is 4.57 Å². The van der Waals surface area contributed by atoms with Crippen molar-refractivity contribution < 1.29 is 0 Å². The van der Waals surface area contributed by atoms with Crippen LogP contribution in [0.25, 0.3) is 33.2 Å². The summed E-state index contributed by atoms with van der Waals surface area (Å²) in [6, 6.07) is 14.0. The fraction of sp³-hybridized carbons (Fsp3) is 0.158. The molecule has 4 heteroatoms. The van der Waals surface area contributed by atoms with Gasteiger partial charge in [-0.3, -0.25) is 14.3 Å². The summed E-state index contributed by atoms with van der Waals surface area (Å²) in [5.41, 5.74) is 4.57. The summed E-state index contributed by atoms with van der Waals surface area (Å²) in [5.74, 6) is 0. The van der Waals surface area contributed by atoms with Crippen LogP contribution in [0.5, 0.6) is 0 Å². The van der Waals surface area contributed by atoms with E-state index in [9.17, 15) is 4.79 Å². The van der Waals surface area contributed by atoms with Crippen molar-refractivity contribution >= 4 is 21.9 Å². The monoisotopic (exact) mass is 303 g/mol. The van der Waals surface area contributed by atoms with E-state index in [1.807, 2.05) is 38.4 Å². The molecule has 0 saturated carbocycles. The van der Waals surface area contributed by atoms with Crippen LogP contribution in [0.2, 0.25) is 0 Å². The number of nitrogens with zero attached hydrogens (tertiary/aromatic N) is 3. The Balaban J connectivity index is 2.21. The van der Waals surface area contributed by atoms with Gasteiger partial charge in [-0.05, 0) is 37.3 Å². The Bertz CT molecular complexity index is 1100. The molecule has 114 valence electrons. The predicted octanol–water partition coefficient (Wildman–Crippen LogP) is 3.40. The van der Waals surface area contributed by atoms with E-state index in [-0.39, 0.29) is 5.56 Å². The SMILES string of the molecule is Cc1ccc2c(c1)c1cc(-c3ccccn3)c(=O)n(C)c1n2C. The highest BCUT2D eigenvalue weighted by Crippen LogP contribution is 2.30. The van der Waals surface area contributed by atoms with Gasteiger partial charge in [-0.25, -0.2) is 0 Å². The second kappa shape index (κ2) is 4.81. The maximum Gasteiger partial charge on any atom is 0.261 e. The highest BCUT2D eigenvalue weighted by molar-refractivity contribution is 6.08. The van der Waals surface area contributed by atoms with E-state index in [2.05, 4.69) is 34.7 Å². The molecule has 0 bridgehead atoms. The van der Waals surface area contributed by atoms with Crippen LogP contribution >= 0.6 is 0 Å². The van der Waals surface area contributed by atoms with E-state index in [1.54, 1.807) is 10.8 Å². The summed E-state index contributed by atoms with van der Waals surface area (Å²) >= 11 is 0. The van der Waals surface area contributed by atoms with Gasteiger partial charge in [0, 0.05) is 31.1 Å². The third kappa shape index (κ3) is 1.91. The predicted molar refractivity (Wildman–Crippen MR) is 93.6 cm³/mol. The van der Waals surface area contributed by atoms with Crippen molar-refractivity contribution in [1.82, 2.24) is 14.1 Å². The first kappa shape index (κ1) is 13.8. The number of hydrogen-bond acceptors (Lipinski definition) is 2. The van der Waals surface area contributed by atoms with E-state index in [1.165, 1.54) is 5.56 Å². The van der Waals surface area contributed by atoms with E-state index in [0.717, 1.165) is 21.9 Å². The van der Waals surface area contributed by atoms with Gasteiger partial charge in [0.15, 0.2) is 0 Å². The quantitative estimate of drug-likeness (QED) is 0.540. The molecule has 3 heterocycles. The van der Waals surface area contributed by atoms with Crippen LogP contribution in [0.4, 0.5) is 0 Å². The molecule has 4 rings (SSSR count). The van der Waals surface area contributed by atoms with Gasteiger partial charge in [-0.2, -0.15) is 0 Å². The number of aryl methyl sites for hydroxylation is 3.